The molecule has 0 fully saturated rings. The lowest BCUT2D eigenvalue weighted by atomic mass is 9.84. The van der Waals surface area contributed by atoms with Gasteiger partial charge in [-0.2, -0.15) is 0 Å². The highest BCUT2D eigenvalue weighted by Gasteiger charge is 2.33. The van der Waals surface area contributed by atoms with E-state index in [4.69, 9.17) is 4.52 Å². The van der Waals surface area contributed by atoms with Crippen molar-refractivity contribution in [1.82, 2.24) is 15.5 Å². The maximum atomic E-state index is 5.99. The van der Waals surface area contributed by atoms with Crippen molar-refractivity contribution in [3.05, 3.63) is 88.2 Å². The number of aromatic amines is 1. The number of hydrogen-bond donors (Lipinski definition) is 2. The fraction of sp³-hybridized carbons (Fsp3) is 0.393. The Morgan fingerprint density at radius 2 is 1.97 bits per heavy atom. The number of rotatable bonds is 5. The first kappa shape index (κ1) is 23.4. The van der Waals surface area contributed by atoms with Crippen LogP contribution in [0.4, 0.5) is 0 Å². The molecule has 0 amide bonds. The summed E-state index contributed by atoms with van der Waals surface area (Å²) in [5, 5.41) is 10.1. The zero-order valence-electron chi connectivity index (χ0n) is 20.4. The summed E-state index contributed by atoms with van der Waals surface area (Å²) in [7, 11) is 4.33. The van der Waals surface area contributed by atoms with E-state index in [1.165, 1.54) is 39.9 Å². The molecule has 3 heterocycles. The number of dihydropyridines is 1. The Balaban J connectivity index is 1.42. The van der Waals surface area contributed by atoms with Gasteiger partial charge in [0.2, 0.25) is 12.0 Å². The summed E-state index contributed by atoms with van der Waals surface area (Å²) in [5.74, 6) is 1.63. The summed E-state index contributed by atoms with van der Waals surface area (Å²) in [5.41, 5.74) is 9.99. The van der Waals surface area contributed by atoms with Crippen LogP contribution in [0.25, 0.3) is 11.1 Å². The molecule has 3 atom stereocenters. The van der Waals surface area contributed by atoms with Gasteiger partial charge in [-0.25, -0.2) is 4.52 Å². The number of nitrogens with one attached hydrogen (secondary N) is 3. The minimum absolute atomic E-state index is 0.0722. The first-order valence-corrected chi connectivity index (χ1v) is 13.4. The van der Waals surface area contributed by atoms with Crippen LogP contribution in [0, 0.1) is 5.92 Å². The second-order valence-corrected chi connectivity index (χ2v) is 11.3. The lowest BCUT2D eigenvalue weighted by Gasteiger charge is -2.27. The van der Waals surface area contributed by atoms with Gasteiger partial charge < -0.3 is 15.5 Å². The Morgan fingerprint density at radius 3 is 2.74 bits per heavy atom. The number of aromatic nitrogens is 1. The number of hydrogen-bond acceptors (Lipinski definition) is 4. The van der Waals surface area contributed by atoms with Crippen molar-refractivity contribution in [2.24, 2.45) is 5.92 Å². The molecule has 2 unspecified atom stereocenters. The van der Waals surface area contributed by atoms with E-state index in [0.29, 0.717) is 3.92 Å². The summed E-state index contributed by atoms with van der Waals surface area (Å²) >= 11 is 2.49. The number of fused-ring (bicyclic) bond motifs is 1. The summed E-state index contributed by atoms with van der Waals surface area (Å²) < 4.78 is 6.40. The second kappa shape index (κ2) is 9.74. The highest BCUT2D eigenvalue weighted by molar-refractivity contribution is 14.1. The van der Waals surface area contributed by atoms with Crippen molar-refractivity contribution in [1.29, 1.82) is 0 Å². The molecule has 6 heteroatoms. The van der Waals surface area contributed by atoms with E-state index in [1.54, 1.807) is 0 Å². The Morgan fingerprint density at radius 1 is 1.15 bits per heavy atom. The molecule has 0 bridgehead atoms. The molecule has 3 N–H and O–H groups in total. The Labute approximate surface area is 216 Å². The number of allylic oxidation sites excluding steroid dienone is 10. The minimum atomic E-state index is 0.0722. The Kier molecular flexibility index (Phi) is 6.71. The van der Waals surface area contributed by atoms with Crippen molar-refractivity contribution in [3.63, 3.8) is 0 Å². The third-order valence-electron chi connectivity index (χ3n) is 7.16. The molecular formula is C28H34IN4O+. The predicted octanol–water partition coefficient (Wildman–Crippen LogP) is 5.16. The molecule has 5 rings (SSSR count). The predicted molar refractivity (Wildman–Crippen MR) is 147 cm³/mol. The maximum absolute atomic E-state index is 5.99. The second-order valence-electron chi connectivity index (χ2n) is 10.0. The van der Waals surface area contributed by atoms with E-state index in [2.05, 4.69) is 114 Å². The summed E-state index contributed by atoms with van der Waals surface area (Å²) in [6.07, 6.45) is 21.4. The fourth-order valence-electron chi connectivity index (χ4n) is 5.24. The largest absolute Gasteiger partial charge is 0.367 e. The zero-order valence-corrected chi connectivity index (χ0v) is 22.6. The van der Waals surface area contributed by atoms with Crippen LogP contribution in [0.15, 0.2) is 81.4 Å². The molecule has 178 valence electrons. The van der Waals surface area contributed by atoms with Gasteiger partial charge in [0, 0.05) is 30.1 Å². The Bertz CT molecular complexity index is 1190. The van der Waals surface area contributed by atoms with E-state index in [0.717, 1.165) is 42.2 Å². The van der Waals surface area contributed by atoms with Gasteiger partial charge in [0.05, 0.1) is 3.92 Å². The molecule has 5 nitrogen and oxygen atoms in total. The summed E-state index contributed by atoms with van der Waals surface area (Å²) in [6.45, 7) is 5.54. The minimum Gasteiger partial charge on any atom is -0.367 e. The molecule has 4 aliphatic rings. The van der Waals surface area contributed by atoms with E-state index in [9.17, 15) is 0 Å². The normalized spacial score (nSPS) is 26.6. The van der Waals surface area contributed by atoms with Gasteiger partial charge in [-0.3, -0.25) is 0 Å². The molecular weight excluding hydrogens is 535 g/mol. The molecule has 0 saturated heterocycles. The van der Waals surface area contributed by atoms with Gasteiger partial charge in [0.15, 0.2) is 0 Å². The van der Waals surface area contributed by atoms with Crippen molar-refractivity contribution >= 4 is 33.7 Å². The van der Waals surface area contributed by atoms with Gasteiger partial charge in [0.25, 0.3) is 0 Å². The topological polar surface area (TPSA) is 54.6 Å². The zero-order chi connectivity index (χ0) is 23.8. The standard InChI is InChI=1S/C28H33IN4O/c1-17-5-10-22(18(2)11-26(17)29)25-15-32-34-27(25)24-14-31-28-23(24)12-21(13-30-28)20-8-6-19(7-9-20)16-33(3)4/h5,8,10-15,19,26,28,30-31H,6-7,9,16H2,1-4H3/p+1/t19-,26?,28?/m0/s1. The van der Waals surface area contributed by atoms with Crippen LogP contribution in [0.1, 0.15) is 44.4 Å². The van der Waals surface area contributed by atoms with Crippen molar-refractivity contribution in [2.75, 3.05) is 20.6 Å². The van der Waals surface area contributed by atoms with Crippen LogP contribution in [0.5, 0.6) is 0 Å². The van der Waals surface area contributed by atoms with Gasteiger partial charge in [-0.05, 0) is 86.6 Å². The average Bonchev–Trinajstić information content (AvgIpc) is 3.42. The van der Waals surface area contributed by atoms with E-state index in [1.807, 2.05) is 6.20 Å². The molecule has 1 aromatic rings. The SMILES string of the molecule is CC1=CC(I)C(C)=CC=C1c1c[nH+]oc1C1=CNC2NC=C(C3=CC[C@H](CN(C)C)CC3)C=C12. The molecule has 0 radical (unpaired) electrons. The number of H-pyrrole nitrogens is 1. The van der Waals surface area contributed by atoms with E-state index in [-0.39, 0.29) is 6.17 Å². The summed E-state index contributed by atoms with van der Waals surface area (Å²) in [6, 6.07) is 0. The third-order valence-corrected chi connectivity index (χ3v) is 8.50. The monoisotopic (exact) mass is 569 g/mol. The molecule has 2 aliphatic heterocycles. The van der Waals surface area contributed by atoms with Crippen molar-refractivity contribution in [2.45, 2.75) is 43.2 Å². The molecule has 0 spiro atoms. The molecule has 2 aliphatic carbocycles. The fourth-order valence-corrected chi connectivity index (χ4v) is 5.99. The van der Waals surface area contributed by atoms with Crippen LogP contribution in [0.3, 0.4) is 0 Å². The van der Waals surface area contributed by atoms with Crippen LogP contribution >= 0.6 is 22.6 Å². The van der Waals surface area contributed by atoms with Crippen LogP contribution < -0.4 is 15.8 Å². The van der Waals surface area contributed by atoms with Gasteiger partial charge >= 0.3 is 0 Å². The quantitative estimate of drug-likeness (QED) is 0.380. The number of halogens is 1. The third kappa shape index (κ3) is 4.62. The van der Waals surface area contributed by atoms with Crippen molar-refractivity contribution in [3.8, 4) is 0 Å². The lowest BCUT2D eigenvalue weighted by molar-refractivity contribution is -0.609. The molecule has 1 aromatic heterocycles. The van der Waals surface area contributed by atoms with Gasteiger partial charge in [-0.1, -0.05) is 52.5 Å². The highest BCUT2D eigenvalue weighted by Crippen LogP contribution is 2.39. The maximum Gasteiger partial charge on any atom is 0.226 e. The average molecular weight is 570 g/mol. The molecule has 0 aromatic carbocycles. The summed E-state index contributed by atoms with van der Waals surface area (Å²) in [4.78, 5) is 2.30. The molecule has 0 saturated carbocycles. The van der Waals surface area contributed by atoms with Gasteiger partial charge in [0.1, 0.15) is 11.7 Å². The first-order valence-electron chi connectivity index (χ1n) is 12.1. The number of nitrogens with zero attached hydrogens (tertiary/aromatic N) is 1. The van der Waals surface area contributed by atoms with E-state index < -0.39 is 0 Å². The highest BCUT2D eigenvalue weighted by atomic mass is 127. The van der Waals surface area contributed by atoms with E-state index >= 15 is 0 Å². The van der Waals surface area contributed by atoms with Gasteiger partial charge in [-0.15, -0.1) is 0 Å². The number of alkyl halides is 1. The van der Waals surface area contributed by atoms with Crippen LogP contribution in [0.2, 0.25) is 0 Å². The first-order chi connectivity index (χ1) is 16.4. The molecule has 34 heavy (non-hydrogen) atoms. The Hall–Kier alpha value is -2.32. The van der Waals surface area contributed by atoms with Crippen molar-refractivity contribution < 1.29 is 9.68 Å². The van der Waals surface area contributed by atoms with Crippen LogP contribution in [-0.4, -0.2) is 35.6 Å². The van der Waals surface area contributed by atoms with Crippen LogP contribution in [-0.2, 0) is 0 Å². The lowest BCUT2D eigenvalue weighted by Crippen LogP contribution is -2.36. The smallest absolute Gasteiger partial charge is 0.226 e.